The van der Waals surface area contributed by atoms with Crippen molar-refractivity contribution in [3.8, 4) is 11.5 Å². The van der Waals surface area contributed by atoms with E-state index >= 15 is 0 Å². The van der Waals surface area contributed by atoms with Gasteiger partial charge >= 0.3 is 0 Å². The Morgan fingerprint density at radius 1 is 1.25 bits per heavy atom. The number of aliphatic hydroxyl groups is 1. The van der Waals surface area contributed by atoms with Gasteiger partial charge in [-0.25, -0.2) is 4.98 Å². The third-order valence-corrected chi connectivity index (χ3v) is 6.17. The van der Waals surface area contributed by atoms with E-state index in [0.717, 1.165) is 17.6 Å². The number of aromatic nitrogens is 1. The van der Waals surface area contributed by atoms with Crippen molar-refractivity contribution in [3.63, 3.8) is 0 Å². The molecule has 1 aliphatic heterocycles. The first kappa shape index (κ1) is 27.6. The Morgan fingerprint density at radius 3 is 2.69 bits per heavy atom. The number of amides is 1. The minimum Gasteiger partial charge on any atom is -0.503 e. The van der Waals surface area contributed by atoms with E-state index < -0.39 is 24.3 Å². The van der Waals surface area contributed by atoms with Crippen LogP contribution in [0.15, 0.2) is 54.7 Å². The molecule has 1 aromatic heterocycles. The zero-order valence-electron chi connectivity index (χ0n) is 21.1. The molecule has 0 aliphatic carbocycles. The summed E-state index contributed by atoms with van der Waals surface area (Å²) in [5, 5.41) is 23.8. The number of aliphatic hydroxyl groups excluding tert-OH is 1. The Bertz CT molecular complexity index is 1000. The molecule has 196 valence electrons. The number of carbonyl (C=O) groups excluding carboxylic acids is 1. The summed E-state index contributed by atoms with van der Waals surface area (Å²) in [6.07, 6.45) is 0.343. The molecule has 1 amide bonds. The van der Waals surface area contributed by atoms with Gasteiger partial charge in [-0.2, -0.15) is 0 Å². The maximum atomic E-state index is 12.8. The van der Waals surface area contributed by atoms with E-state index in [1.807, 2.05) is 32.0 Å². The number of methoxy groups -OCH3 is 1. The number of rotatable bonds is 9. The lowest BCUT2D eigenvalue weighted by Gasteiger charge is -2.32. The van der Waals surface area contributed by atoms with Gasteiger partial charge in [0.15, 0.2) is 23.5 Å². The van der Waals surface area contributed by atoms with Crippen LogP contribution in [0.25, 0.3) is 0 Å². The summed E-state index contributed by atoms with van der Waals surface area (Å²) < 4.78 is 22.9. The number of ether oxygens (including phenoxy) is 4. The second-order valence-corrected chi connectivity index (χ2v) is 9.15. The van der Waals surface area contributed by atoms with E-state index in [9.17, 15) is 15.0 Å². The topological polar surface area (TPSA) is 119 Å². The third-order valence-electron chi connectivity index (χ3n) is 6.17. The average molecular weight is 501 g/mol. The second kappa shape index (κ2) is 13.4. The van der Waals surface area contributed by atoms with Gasteiger partial charge in [0, 0.05) is 18.2 Å². The Morgan fingerprint density at radius 2 is 2.00 bits per heavy atom. The highest BCUT2D eigenvalue weighted by Crippen LogP contribution is 2.29. The molecule has 3 rings (SSSR count). The minimum absolute atomic E-state index is 0.00892. The van der Waals surface area contributed by atoms with Gasteiger partial charge in [0.25, 0.3) is 5.91 Å². The third kappa shape index (κ3) is 7.51. The van der Waals surface area contributed by atoms with Gasteiger partial charge in [-0.05, 0) is 31.7 Å². The molecular formula is C27H36N2O7. The van der Waals surface area contributed by atoms with Crippen molar-refractivity contribution < 1.29 is 34.0 Å². The van der Waals surface area contributed by atoms with Crippen LogP contribution in [-0.4, -0.2) is 73.1 Å². The molecule has 2 heterocycles. The normalized spacial score (nSPS) is 24.7. The van der Waals surface area contributed by atoms with Crippen molar-refractivity contribution in [2.45, 2.75) is 38.7 Å². The van der Waals surface area contributed by atoms with Crippen LogP contribution in [0, 0.1) is 11.8 Å². The SMILES string of the molecule is C=C(C)COC[C@@H]1[C@@H](Cc2ccccc2)COC[C@H](NC(=O)c2nccc(OC)c2O)C(O)O[C@H]1C. The number of aromatic hydroxyl groups is 1. The fraction of sp³-hybridized carbons (Fsp3) is 0.481. The van der Waals surface area contributed by atoms with Crippen molar-refractivity contribution in [1.29, 1.82) is 0 Å². The summed E-state index contributed by atoms with van der Waals surface area (Å²) in [6.45, 7) is 8.90. The van der Waals surface area contributed by atoms with E-state index in [0.29, 0.717) is 19.8 Å². The van der Waals surface area contributed by atoms with Gasteiger partial charge in [-0.1, -0.05) is 42.5 Å². The second-order valence-electron chi connectivity index (χ2n) is 9.15. The Hall–Kier alpha value is -2.98. The van der Waals surface area contributed by atoms with Crippen molar-refractivity contribution in [1.82, 2.24) is 10.3 Å². The maximum Gasteiger partial charge on any atom is 0.274 e. The Balaban J connectivity index is 1.76. The number of pyridine rings is 1. The van der Waals surface area contributed by atoms with Crippen LogP contribution in [0.4, 0.5) is 0 Å². The van der Waals surface area contributed by atoms with Gasteiger partial charge in [0.2, 0.25) is 0 Å². The molecule has 0 saturated carbocycles. The fourth-order valence-electron chi connectivity index (χ4n) is 4.24. The smallest absolute Gasteiger partial charge is 0.274 e. The van der Waals surface area contributed by atoms with E-state index in [2.05, 4.69) is 29.0 Å². The molecule has 1 unspecified atom stereocenters. The summed E-state index contributed by atoms with van der Waals surface area (Å²) >= 11 is 0. The molecule has 5 atom stereocenters. The van der Waals surface area contributed by atoms with Gasteiger partial charge in [-0.15, -0.1) is 0 Å². The van der Waals surface area contributed by atoms with E-state index in [1.165, 1.54) is 19.4 Å². The van der Waals surface area contributed by atoms with Gasteiger partial charge in [-0.3, -0.25) is 4.79 Å². The molecule has 2 aromatic rings. The van der Waals surface area contributed by atoms with Crippen LogP contribution in [0.1, 0.15) is 29.9 Å². The summed E-state index contributed by atoms with van der Waals surface area (Å²) in [7, 11) is 1.38. The number of hydrogen-bond acceptors (Lipinski definition) is 8. The van der Waals surface area contributed by atoms with Crippen LogP contribution in [0.5, 0.6) is 11.5 Å². The molecule has 0 radical (unpaired) electrons. The summed E-state index contributed by atoms with van der Waals surface area (Å²) in [4.78, 5) is 16.8. The largest absolute Gasteiger partial charge is 0.503 e. The lowest BCUT2D eigenvalue weighted by molar-refractivity contribution is -0.168. The quantitative estimate of drug-likeness (QED) is 0.450. The van der Waals surface area contributed by atoms with E-state index in [-0.39, 0.29) is 35.6 Å². The van der Waals surface area contributed by atoms with Gasteiger partial charge < -0.3 is 34.5 Å². The molecular weight excluding hydrogens is 464 g/mol. The highest BCUT2D eigenvalue weighted by atomic mass is 16.6. The van der Waals surface area contributed by atoms with Crippen LogP contribution >= 0.6 is 0 Å². The number of carbonyl (C=O) groups is 1. The van der Waals surface area contributed by atoms with Crippen molar-refractivity contribution in [2.24, 2.45) is 11.8 Å². The van der Waals surface area contributed by atoms with Gasteiger partial charge in [0.05, 0.1) is 39.6 Å². The zero-order chi connectivity index (χ0) is 26.1. The standard InChI is InChI=1S/C27H36N2O7/c1-17(2)13-34-15-21-18(3)36-27(32)22(16-35-14-20(21)12-19-8-6-5-7-9-19)29-26(31)24-25(30)23(33-4)10-11-28-24/h5-11,18,20-22,27,30,32H,1,12-16H2,2-4H3,(H,29,31)/t18-,20-,21-,22-,27?/m0/s1. The molecule has 9 nitrogen and oxygen atoms in total. The van der Waals surface area contributed by atoms with Crippen molar-refractivity contribution in [2.75, 3.05) is 33.5 Å². The average Bonchev–Trinajstić information content (AvgIpc) is 2.90. The maximum absolute atomic E-state index is 12.8. The molecule has 1 aliphatic rings. The van der Waals surface area contributed by atoms with Crippen LogP contribution < -0.4 is 10.1 Å². The Labute approximate surface area is 212 Å². The molecule has 1 saturated heterocycles. The summed E-state index contributed by atoms with van der Waals surface area (Å²) in [5.74, 6) is -0.997. The highest BCUT2D eigenvalue weighted by Gasteiger charge is 2.35. The molecule has 0 bridgehead atoms. The molecule has 1 aromatic carbocycles. The molecule has 3 N–H and O–H groups in total. The van der Waals surface area contributed by atoms with Crippen molar-refractivity contribution >= 4 is 5.91 Å². The Kier molecular flexibility index (Phi) is 10.2. The van der Waals surface area contributed by atoms with E-state index in [1.54, 1.807) is 0 Å². The zero-order valence-corrected chi connectivity index (χ0v) is 21.1. The summed E-state index contributed by atoms with van der Waals surface area (Å²) in [6, 6.07) is 10.6. The predicted molar refractivity (Wildman–Crippen MR) is 134 cm³/mol. The van der Waals surface area contributed by atoms with Crippen LogP contribution in [0.2, 0.25) is 0 Å². The first-order chi connectivity index (χ1) is 17.3. The minimum atomic E-state index is -1.35. The molecule has 9 heteroatoms. The number of hydrogen-bond donors (Lipinski definition) is 3. The van der Waals surface area contributed by atoms with Crippen molar-refractivity contribution in [3.05, 3.63) is 66.0 Å². The predicted octanol–water partition coefficient (Wildman–Crippen LogP) is 2.72. The van der Waals surface area contributed by atoms with Crippen LogP contribution in [0.3, 0.4) is 0 Å². The first-order valence-electron chi connectivity index (χ1n) is 12.0. The first-order valence-corrected chi connectivity index (χ1v) is 12.0. The van der Waals surface area contributed by atoms with E-state index in [4.69, 9.17) is 18.9 Å². The lowest BCUT2D eigenvalue weighted by Crippen LogP contribution is -2.48. The molecule has 36 heavy (non-hydrogen) atoms. The lowest BCUT2D eigenvalue weighted by atomic mass is 9.84. The molecule has 0 spiro atoms. The summed E-state index contributed by atoms with van der Waals surface area (Å²) in [5.41, 5.74) is 1.86. The monoisotopic (exact) mass is 500 g/mol. The highest BCUT2D eigenvalue weighted by molar-refractivity contribution is 5.95. The van der Waals surface area contributed by atoms with Crippen LogP contribution in [-0.2, 0) is 20.6 Å². The fourth-order valence-corrected chi connectivity index (χ4v) is 4.24. The number of nitrogens with zero attached hydrogens (tertiary/aromatic N) is 1. The molecule has 1 fully saturated rings. The number of nitrogens with one attached hydrogen (secondary N) is 1. The number of benzene rings is 1. The van der Waals surface area contributed by atoms with Gasteiger partial charge in [0.1, 0.15) is 6.04 Å².